The van der Waals surface area contributed by atoms with E-state index in [4.69, 9.17) is 9.26 Å². The Morgan fingerprint density at radius 1 is 1.25 bits per heavy atom. The number of hydrogen-bond donors (Lipinski definition) is 0. The number of amides is 3. The minimum absolute atomic E-state index is 0.194. The molecule has 0 fully saturated rings. The number of fused-ring (bicyclic) bond motifs is 2. The van der Waals surface area contributed by atoms with Gasteiger partial charge in [-0.05, 0) is 38.0 Å². The van der Waals surface area contributed by atoms with Crippen LogP contribution in [0.15, 0.2) is 22.7 Å². The van der Waals surface area contributed by atoms with Crippen molar-refractivity contribution in [3.63, 3.8) is 0 Å². The molecule has 0 N–H and O–H groups in total. The Labute approximate surface area is 162 Å². The Kier molecular flexibility index (Phi) is 4.72. The van der Waals surface area contributed by atoms with Crippen molar-refractivity contribution in [2.75, 3.05) is 26.8 Å². The largest absolute Gasteiger partial charge is 0.385 e. The van der Waals surface area contributed by atoms with E-state index >= 15 is 0 Å². The van der Waals surface area contributed by atoms with Crippen LogP contribution < -0.4 is 0 Å². The van der Waals surface area contributed by atoms with Gasteiger partial charge in [-0.25, -0.2) is 0 Å². The maximum atomic E-state index is 12.9. The molecule has 0 aliphatic carbocycles. The van der Waals surface area contributed by atoms with E-state index in [1.807, 2.05) is 6.92 Å². The van der Waals surface area contributed by atoms with Gasteiger partial charge in [0.2, 0.25) is 0 Å². The van der Waals surface area contributed by atoms with Crippen LogP contribution in [0, 0.1) is 6.92 Å². The first-order valence-corrected chi connectivity index (χ1v) is 9.23. The molecule has 0 spiro atoms. The van der Waals surface area contributed by atoms with Crippen LogP contribution in [-0.2, 0) is 17.7 Å². The van der Waals surface area contributed by atoms with E-state index in [1.54, 1.807) is 24.1 Å². The lowest BCUT2D eigenvalue weighted by molar-refractivity contribution is 0.0638. The summed E-state index contributed by atoms with van der Waals surface area (Å²) in [5.74, 6) is -0.179. The van der Waals surface area contributed by atoms with Crippen molar-refractivity contribution in [2.24, 2.45) is 0 Å². The van der Waals surface area contributed by atoms with E-state index < -0.39 is 0 Å². The number of rotatable bonds is 5. The lowest BCUT2D eigenvalue weighted by atomic mass is 10.0. The van der Waals surface area contributed by atoms with Gasteiger partial charge in [0, 0.05) is 37.9 Å². The Balaban J connectivity index is 1.53. The van der Waals surface area contributed by atoms with Crippen LogP contribution in [0.2, 0.25) is 0 Å². The molecule has 3 heterocycles. The van der Waals surface area contributed by atoms with E-state index in [0.29, 0.717) is 56.0 Å². The van der Waals surface area contributed by atoms with Gasteiger partial charge in [0.1, 0.15) is 0 Å². The summed E-state index contributed by atoms with van der Waals surface area (Å²) < 4.78 is 10.3. The van der Waals surface area contributed by atoms with E-state index in [9.17, 15) is 14.4 Å². The quantitative estimate of drug-likeness (QED) is 0.578. The van der Waals surface area contributed by atoms with Crippen molar-refractivity contribution in [2.45, 2.75) is 26.3 Å². The highest BCUT2D eigenvalue weighted by Gasteiger charge is 2.36. The van der Waals surface area contributed by atoms with Crippen LogP contribution in [0.4, 0.5) is 0 Å². The fourth-order valence-corrected chi connectivity index (χ4v) is 3.73. The Morgan fingerprint density at radius 3 is 2.82 bits per heavy atom. The van der Waals surface area contributed by atoms with E-state index in [1.165, 1.54) is 11.0 Å². The number of benzene rings is 1. The number of imide groups is 1. The average molecular weight is 383 g/mol. The van der Waals surface area contributed by atoms with Crippen molar-refractivity contribution in [3.8, 4) is 0 Å². The topological polar surface area (TPSA) is 92.9 Å². The molecule has 2 aliphatic heterocycles. The minimum atomic E-state index is -0.363. The summed E-state index contributed by atoms with van der Waals surface area (Å²) in [5.41, 5.74) is 2.92. The molecule has 1 aromatic heterocycles. The van der Waals surface area contributed by atoms with Crippen molar-refractivity contribution in [1.29, 1.82) is 0 Å². The average Bonchev–Trinajstić information content (AvgIpc) is 3.19. The van der Waals surface area contributed by atoms with Gasteiger partial charge in [-0.3, -0.25) is 19.3 Å². The van der Waals surface area contributed by atoms with Crippen molar-refractivity contribution >= 4 is 17.7 Å². The van der Waals surface area contributed by atoms with Gasteiger partial charge >= 0.3 is 0 Å². The van der Waals surface area contributed by atoms with Crippen molar-refractivity contribution < 1.29 is 23.6 Å². The third-order valence-electron chi connectivity index (χ3n) is 5.27. The molecular weight excluding hydrogens is 362 g/mol. The zero-order valence-corrected chi connectivity index (χ0v) is 15.9. The van der Waals surface area contributed by atoms with Crippen molar-refractivity contribution in [1.82, 2.24) is 15.0 Å². The fraction of sp³-hybridized carbons (Fsp3) is 0.400. The van der Waals surface area contributed by atoms with E-state index in [-0.39, 0.29) is 23.3 Å². The van der Waals surface area contributed by atoms with Gasteiger partial charge in [0.15, 0.2) is 5.76 Å². The standard InChI is InChI=1S/C20H21N3O5/c1-12-14-6-8-22(11-17(14)28-21-12)18(24)13-4-5-15-16(10-13)20(26)23(19(15)25)7-3-9-27-2/h4-5,10H,3,6-9,11H2,1-2H3. The Morgan fingerprint density at radius 2 is 2.04 bits per heavy atom. The molecule has 2 aliphatic rings. The molecule has 4 rings (SSSR count). The Hall–Kier alpha value is -3.00. The first-order chi connectivity index (χ1) is 13.5. The van der Waals surface area contributed by atoms with Gasteiger partial charge in [-0.15, -0.1) is 0 Å². The van der Waals surface area contributed by atoms with Crippen LogP contribution in [-0.4, -0.2) is 59.5 Å². The molecular formula is C20H21N3O5. The van der Waals surface area contributed by atoms with Gasteiger partial charge in [-0.2, -0.15) is 0 Å². The molecule has 0 unspecified atom stereocenters. The summed E-state index contributed by atoms with van der Waals surface area (Å²) >= 11 is 0. The molecule has 8 heteroatoms. The van der Waals surface area contributed by atoms with Crippen molar-refractivity contribution in [3.05, 3.63) is 51.9 Å². The molecule has 0 atom stereocenters. The van der Waals surface area contributed by atoms with Gasteiger partial charge in [0.25, 0.3) is 17.7 Å². The number of methoxy groups -OCH3 is 1. The lowest BCUT2D eigenvalue weighted by Crippen LogP contribution is -2.35. The van der Waals surface area contributed by atoms with E-state index in [0.717, 1.165) is 11.3 Å². The maximum absolute atomic E-state index is 12.9. The summed E-state index contributed by atoms with van der Waals surface area (Å²) in [4.78, 5) is 40.9. The molecule has 0 saturated carbocycles. The van der Waals surface area contributed by atoms with Crippen LogP contribution >= 0.6 is 0 Å². The molecule has 0 radical (unpaired) electrons. The maximum Gasteiger partial charge on any atom is 0.261 e. The number of nitrogens with zero attached hydrogens (tertiary/aromatic N) is 3. The zero-order chi connectivity index (χ0) is 19.8. The monoisotopic (exact) mass is 383 g/mol. The van der Waals surface area contributed by atoms with E-state index in [2.05, 4.69) is 5.16 Å². The molecule has 1 aromatic carbocycles. The molecule has 146 valence electrons. The summed E-state index contributed by atoms with van der Waals surface area (Å²) in [6.07, 6.45) is 1.26. The minimum Gasteiger partial charge on any atom is -0.385 e. The first-order valence-electron chi connectivity index (χ1n) is 9.23. The number of ether oxygens (including phenoxy) is 1. The van der Waals surface area contributed by atoms with Crippen LogP contribution in [0.25, 0.3) is 0 Å². The Bertz CT molecular complexity index is 965. The molecule has 8 nitrogen and oxygen atoms in total. The lowest BCUT2D eigenvalue weighted by Gasteiger charge is -2.25. The number of carbonyl (C=O) groups is 3. The van der Waals surface area contributed by atoms with Gasteiger partial charge in [0.05, 0.1) is 23.4 Å². The van der Waals surface area contributed by atoms with Gasteiger partial charge in [-0.1, -0.05) is 5.16 Å². The second-order valence-electron chi connectivity index (χ2n) is 7.02. The molecule has 3 amide bonds. The molecule has 0 saturated heterocycles. The fourth-order valence-electron chi connectivity index (χ4n) is 3.73. The van der Waals surface area contributed by atoms with Gasteiger partial charge < -0.3 is 14.2 Å². The summed E-state index contributed by atoms with van der Waals surface area (Å²) in [7, 11) is 1.57. The summed E-state index contributed by atoms with van der Waals surface area (Å²) in [6, 6.07) is 4.69. The predicted octanol–water partition coefficient (Wildman–Crippen LogP) is 1.81. The molecule has 2 aromatic rings. The highest BCUT2D eigenvalue weighted by molar-refractivity contribution is 6.22. The highest BCUT2D eigenvalue weighted by Crippen LogP contribution is 2.27. The summed E-state index contributed by atoms with van der Waals surface area (Å²) in [6.45, 7) is 3.56. The predicted molar refractivity (Wildman–Crippen MR) is 98.0 cm³/mol. The number of aromatic nitrogens is 1. The normalized spacial score (nSPS) is 15.8. The number of hydrogen-bond acceptors (Lipinski definition) is 6. The second-order valence-corrected chi connectivity index (χ2v) is 7.02. The second kappa shape index (κ2) is 7.20. The SMILES string of the molecule is COCCCN1C(=O)c2ccc(C(=O)N3CCc4c(C)noc4C3)cc2C1=O. The molecule has 0 bridgehead atoms. The van der Waals surface area contributed by atoms with Crippen LogP contribution in [0.3, 0.4) is 0 Å². The van der Waals surface area contributed by atoms with Crippen LogP contribution in [0.1, 0.15) is 54.5 Å². The number of aryl methyl sites for hydroxylation is 1. The third kappa shape index (κ3) is 2.99. The first kappa shape index (κ1) is 18.4. The third-order valence-corrected chi connectivity index (χ3v) is 5.27. The van der Waals surface area contributed by atoms with Crippen LogP contribution in [0.5, 0.6) is 0 Å². The number of carbonyl (C=O) groups excluding carboxylic acids is 3. The smallest absolute Gasteiger partial charge is 0.261 e. The summed E-state index contributed by atoms with van der Waals surface area (Å²) in [5, 5.41) is 3.96. The molecule has 28 heavy (non-hydrogen) atoms. The highest BCUT2D eigenvalue weighted by atomic mass is 16.5. The zero-order valence-electron chi connectivity index (χ0n) is 15.9.